The van der Waals surface area contributed by atoms with Crippen molar-refractivity contribution in [3.63, 3.8) is 0 Å². The van der Waals surface area contributed by atoms with Crippen molar-refractivity contribution in [1.29, 1.82) is 0 Å². The summed E-state index contributed by atoms with van der Waals surface area (Å²) < 4.78 is 11.7. The SMILES string of the molecule is COC(=O)CSc1nc2sc3c(c2c(=O)n1-c1ccc(OC)cc1)CCN(Cc1ccccc1)C3. The Morgan fingerprint density at radius 1 is 1.11 bits per heavy atom. The van der Waals surface area contributed by atoms with Crippen molar-refractivity contribution < 1.29 is 14.3 Å². The Morgan fingerprint density at radius 3 is 2.60 bits per heavy atom. The first-order valence-electron chi connectivity index (χ1n) is 11.2. The highest BCUT2D eigenvalue weighted by Gasteiger charge is 2.26. The number of thiophene rings is 1. The molecule has 0 aliphatic carbocycles. The molecule has 4 aromatic rings. The molecule has 0 atom stereocenters. The summed E-state index contributed by atoms with van der Waals surface area (Å²) in [6.07, 6.45) is 0.802. The van der Waals surface area contributed by atoms with Crippen molar-refractivity contribution in [1.82, 2.24) is 14.5 Å². The van der Waals surface area contributed by atoms with E-state index in [4.69, 9.17) is 14.5 Å². The predicted molar refractivity (Wildman–Crippen MR) is 139 cm³/mol. The number of hydrogen-bond donors (Lipinski definition) is 0. The number of rotatable bonds is 7. The van der Waals surface area contributed by atoms with E-state index in [0.717, 1.165) is 36.4 Å². The number of hydrogen-bond acceptors (Lipinski definition) is 8. The summed E-state index contributed by atoms with van der Waals surface area (Å²) in [7, 11) is 2.95. The van der Waals surface area contributed by atoms with Crippen LogP contribution in [-0.2, 0) is 29.0 Å². The van der Waals surface area contributed by atoms with Gasteiger partial charge in [0, 0.05) is 24.5 Å². The van der Waals surface area contributed by atoms with E-state index in [-0.39, 0.29) is 17.3 Å². The van der Waals surface area contributed by atoms with E-state index in [2.05, 4.69) is 29.2 Å². The smallest absolute Gasteiger partial charge is 0.316 e. The molecule has 35 heavy (non-hydrogen) atoms. The van der Waals surface area contributed by atoms with Gasteiger partial charge in [-0.2, -0.15) is 0 Å². The van der Waals surface area contributed by atoms with E-state index in [9.17, 15) is 9.59 Å². The number of nitrogens with zero attached hydrogens (tertiary/aromatic N) is 3. The van der Waals surface area contributed by atoms with Gasteiger partial charge in [0.25, 0.3) is 5.56 Å². The zero-order chi connectivity index (χ0) is 24.4. The van der Waals surface area contributed by atoms with Gasteiger partial charge >= 0.3 is 5.97 Å². The van der Waals surface area contributed by atoms with E-state index in [1.807, 2.05) is 30.3 Å². The molecule has 1 aliphatic rings. The topological polar surface area (TPSA) is 73.7 Å². The first-order chi connectivity index (χ1) is 17.1. The number of ether oxygens (including phenoxy) is 2. The minimum atomic E-state index is -0.368. The van der Waals surface area contributed by atoms with Gasteiger partial charge in [0.2, 0.25) is 0 Å². The Hall–Kier alpha value is -3.14. The number of carbonyl (C=O) groups is 1. The molecule has 7 nitrogen and oxygen atoms in total. The number of fused-ring (bicyclic) bond motifs is 3. The fraction of sp³-hybridized carbons (Fsp3) is 0.269. The molecule has 9 heteroatoms. The van der Waals surface area contributed by atoms with Crippen LogP contribution in [0, 0.1) is 0 Å². The maximum atomic E-state index is 13.9. The first kappa shape index (κ1) is 23.6. The Labute approximate surface area is 211 Å². The maximum absolute atomic E-state index is 13.9. The standard InChI is InChI=1S/C26H25N3O4S2/c1-32-19-10-8-18(9-11-19)29-25(31)23-20-12-13-28(14-17-6-4-3-5-7-17)15-21(20)35-24(23)27-26(29)34-16-22(30)33-2/h3-11H,12-16H2,1-2H3. The molecule has 0 saturated heterocycles. The van der Waals surface area contributed by atoms with Crippen LogP contribution in [0.2, 0.25) is 0 Å². The number of carbonyl (C=O) groups excluding carboxylic acids is 1. The van der Waals surface area contributed by atoms with Crippen LogP contribution < -0.4 is 10.3 Å². The summed E-state index contributed by atoms with van der Waals surface area (Å²) in [6, 6.07) is 17.7. The van der Waals surface area contributed by atoms with E-state index < -0.39 is 0 Å². The van der Waals surface area contributed by atoms with Crippen LogP contribution >= 0.6 is 23.1 Å². The van der Waals surface area contributed by atoms with E-state index in [1.54, 1.807) is 23.0 Å². The highest BCUT2D eigenvalue weighted by Crippen LogP contribution is 2.35. The lowest BCUT2D eigenvalue weighted by Gasteiger charge is -2.26. The lowest BCUT2D eigenvalue weighted by atomic mass is 10.0. The third kappa shape index (κ3) is 4.84. The molecule has 2 aromatic carbocycles. The highest BCUT2D eigenvalue weighted by molar-refractivity contribution is 7.99. The number of methoxy groups -OCH3 is 2. The summed E-state index contributed by atoms with van der Waals surface area (Å²) in [5.74, 6) is 0.402. The third-order valence-electron chi connectivity index (χ3n) is 6.05. The molecule has 3 heterocycles. The fourth-order valence-electron chi connectivity index (χ4n) is 4.29. The van der Waals surface area contributed by atoms with Gasteiger partial charge in [0.15, 0.2) is 5.16 Å². The van der Waals surface area contributed by atoms with Gasteiger partial charge in [0.1, 0.15) is 10.6 Å². The number of thioether (sulfide) groups is 1. The monoisotopic (exact) mass is 507 g/mol. The minimum Gasteiger partial charge on any atom is -0.497 e. The molecule has 0 bridgehead atoms. The fourth-order valence-corrected chi connectivity index (χ4v) is 6.44. The highest BCUT2D eigenvalue weighted by atomic mass is 32.2. The Bertz CT molecular complexity index is 1410. The molecular formula is C26H25N3O4S2. The molecule has 0 unspecified atom stereocenters. The molecule has 1 aliphatic heterocycles. The summed E-state index contributed by atoms with van der Waals surface area (Å²) in [5.41, 5.74) is 2.94. The average molecular weight is 508 g/mol. The van der Waals surface area contributed by atoms with Gasteiger partial charge in [-0.25, -0.2) is 4.98 Å². The zero-order valence-electron chi connectivity index (χ0n) is 19.5. The lowest BCUT2D eigenvalue weighted by molar-refractivity contribution is -0.137. The normalized spacial score (nSPS) is 13.5. The van der Waals surface area contributed by atoms with Crippen molar-refractivity contribution in [3.8, 4) is 11.4 Å². The molecule has 0 spiro atoms. The second-order valence-electron chi connectivity index (χ2n) is 8.23. The van der Waals surface area contributed by atoms with Gasteiger partial charge < -0.3 is 9.47 Å². The van der Waals surface area contributed by atoms with Crippen molar-refractivity contribution in [3.05, 3.63) is 81.0 Å². The number of aromatic nitrogens is 2. The van der Waals surface area contributed by atoms with Crippen LogP contribution in [0.4, 0.5) is 0 Å². The van der Waals surface area contributed by atoms with Crippen LogP contribution in [0.25, 0.3) is 15.9 Å². The van der Waals surface area contributed by atoms with E-state index >= 15 is 0 Å². The van der Waals surface area contributed by atoms with Gasteiger partial charge in [-0.3, -0.25) is 19.1 Å². The van der Waals surface area contributed by atoms with Crippen LogP contribution in [-0.4, -0.2) is 46.9 Å². The van der Waals surface area contributed by atoms with Crippen molar-refractivity contribution in [2.75, 3.05) is 26.5 Å². The second kappa shape index (κ2) is 10.2. The maximum Gasteiger partial charge on any atom is 0.316 e. The molecular weight excluding hydrogens is 482 g/mol. The Balaban J connectivity index is 1.55. The van der Waals surface area contributed by atoms with Crippen molar-refractivity contribution >= 4 is 39.3 Å². The second-order valence-corrected chi connectivity index (χ2v) is 10.3. The molecule has 180 valence electrons. The molecule has 0 amide bonds. The van der Waals surface area contributed by atoms with E-state index in [0.29, 0.717) is 22.0 Å². The van der Waals surface area contributed by atoms with Gasteiger partial charge in [-0.15, -0.1) is 11.3 Å². The quantitative estimate of drug-likeness (QED) is 0.210. The first-order valence-corrected chi connectivity index (χ1v) is 13.0. The molecule has 0 saturated carbocycles. The summed E-state index contributed by atoms with van der Waals surface area (Å²) in [5, 5.41) is 1.15. The number of benzene rings is 2. The summed E-state index contributed by atoms with van der Waals surface area (Å²) in [6.45, 7) is 2.55. The Kier molecular flexibility index (Phi) is 6.90. The largest absolute Gasteiger partial charge is 0.497 e. The van der Waals surface area contributed by atoms with Crippen LogP contribution in [0.3, 0.4) is 0 Å². The lowest BCUT2D eigenvalue weighted by Crippen LogP contribution is -2.30. The van der Waals surface area contributed by atoms with Crippen LogP contribution in [0.15, 0.2) is 64.5 Å². The van der Waals surface area contributed by atoms with Gasteiger partial charge in [-0.05, 0) is 41.8 Å². The molecule has 0 N–H and O–H groups in total. The van der Waals surface area contributed by atoms with Gasteiger partial charge in [-0.1, -0.05) is 42.1 Å². The summed E-state index contributed by atoms with van der Waals surface area (Å²) >= 11 is 2.78. The predicted octanol–water partition coefficient (Wildman–Crippen LogP) is 4.28. The molecule has 2 aromatic heterocycles. The van der Waals surface area contributed by atoms with Crippen LogP contribution in [0.5, 0.6) is 5.75 Å². The van der Waals surface area contributed by atoms with Crippen molar-refractivity contribution in [2.45, 2.75) is 24.7 Å². The molecule has 0 fully saturated rings. The Morgan fingerprint density at radius 2 is 1.89 bits per heavy atom. The minimum absolute atomic E-state index is 0.0700. The average Bonchev–Trinajstić information content (AvgIpc) is 3.26. The summed E-state index contributed by atoms with van der Waals surface area (Å²) in [4.78, 5) is 34.9. The number of esters is 1. The van der Waals surface area contributed by atoms with Gasteiger partial charge in [0.05, 0.1) is 31.0 Å². The van der Waals surface area contributed by atoms with Crippen LogP contribution in [0.1, 0.15) is 16.0 Å². The zero-order valence-corrected chi connectivity index (χ0v) is 21.2. The molecule has 5 rings (SSSR count). The third-order valence-corrected chi connectivity index (χ3v) is 8.07. The molecule has 0 radical (unpaired) electrons. The van der Waals surface area contributed by atoms with Crippen molar-refractivity contribution in [2.24, 2.45) is 0 Å². The van der Waals surface area contributed by atoms with E-state index in [1.165, 1.54) is 29.3 Å².